The normalized spacial score (nSPS) is 14.9. The topological polar surface area (TPSA) is 46.5 Å². The Kier molecular flexibility index (Phi) is 5.11. The second-order valence-electron chi connectivity index (χ2n) is 7.46. The van der Waals surface area contributed by atoms with Gasteiger partial charge in [0.2, 0.25) is 0 Å². The number of rotatable bonds is 4. The minimum Gasteiger partial charge on any atom is -0.423 e. The molecule has 1 N–H and O–H groups in total. The summed E-state index contributed by atoms with van der Waals surface area (Å²) in [5.41, 5.74) is 4.64. The highest BCUT2D eigenvalue weighted by Crippen LogP contribution is 2.30. The van der Waals surface area contributed by atoms with Crippen LogP contribution in [0.1, 0.15) is 54.7 Å². The average molecular weight is 369 g/mol. The summed E-state index contributed by atoms with van der Waals surface area (Å²) in [6.07, 6.45) is 2.24. The molecule has 1 aliphatic rings. The third-order valence-corrected chi connectivity index (χ3v) is 4.86. The maximum absolute atomic E-state index is 12.7. The summed E-state index contributed by atoms with van der Waals surface area (Å²) in [5.74, 6) is -0.0497. The zero-order valence-electron chi connectivity index (χ0n) is 15.5. The Morgan fingerprint density at radius 2 is 1.96 bits per heavy atom. The summed E-state index contributed by atoms with van der Waals surface area (Å²) in [4.78, 5) is 12.7. The predicted octanol–water partition coefficient (Wildman–Crippen LogP) is 4.14. The van der Waals surface area contributed by atoms with Crippen molar-refractivity contribution in [1.82, 2.24) is 0 Å². The molecule has 2 aromatic rings. The van der Waals surface area contributed by atoms with Gasteiger partial charge in [0.25, 0.3) is 0 Å². The maximum Gasteiger partial charge on any atom is 0.492 e. The van der Waals surface area contributed by atoms with Gasteiger partial charge in [-0.3, -0.25) is 4.79 Å². The monoisotopic (exact) mass is 368 g/mol. The summed E-state index contributed by atoms with van der Waals surface area (Å²) in [6.45, 7) is 7.86. The molecule has 1 aliphatic heterocycles. The third-order valence-electron chi connectivity index (χ3n) is 4.55. The summed E-state index contributed by atoms with van der Waals surface area (Å²) in [6, 6.07) is 11.2. The highest BCUT2D eigenvalue weighted by Gasteiger charge is 2.40. The number of hydrogen-bond acceptors (Lipinski definition) is 3. The lowest BCUT2D eigenvalue weighted by atomic mass is 9.77. The molecule has 3 rings (SSSR count). The van der Waals surface area contributed by atoms with Crippen molar-refractivity contribution in [2.45, 2.75) is 39.7 Å². The van der Waals surface area contributed by atoms with Crippen LogP contribution in [0.3, 0.4) is 0 Å². The first-order valence-corrected chi connectivity index (χ1v) is 9.02. The number of allylic oxidation sites excluding steroid dienone is 1. The van der Waals surface area contributed by atoms with Crippen molar-refractivity contribution in [3.8, 4) is 0 Å². The van der Waals surface area contributed by atoms with Gasteiger partial charge < -0.3 is 9.68 Å². The Morgan fingerprint density at radius 1 is 1.23 bits per heavy atom. The first kappa shape index (κ1) is 18.9. The molecule has 3 nitrogen and oxygen atoms in total. The van der Waals surface area contributed by atoms with Crippen molar-refractivity contribution >= 4 is 36.0 Å². The SMILES string of the molecule is CC(C)=Cc1ccc(C(=O)Cc2ccc3c(c2)B(O)OC3(C)C)c(Cl)c1. The molecule has 0 fully saturated rings. The number of hydrogen-bond donors (Lipinski definition) is 1. The van der Waals surface area contributed by atoms with Crippen LogP contribution in [0, 0.1) is 0 Å². The minimum absolute atomic E-state index is 0.0497. The number of halogens is 1. The van der Waals surface area contributed by atoms with Gasteiger partial charge >= 0.3 is 7.12 Å². The highest BCUT2D eigenvalue weighted by molar-refractivity contribution is 6.62. The summed E-state index contributed by atoms with van der Waals surface area (Å²) < 4.78 is 5.57. The van der Waals surface area contributed by atoms with Gasteiger partial charge in [0, 0.05) is 12.0 Å². The van der Waals surface area contributed by atoms with Crippen LogP contribution in [-0.4, -0.2) is 17.9 Å². The van der Waals surface area contributed by atoms with E-state index in [2.05, 4.69) is 0 Å². The second-order valence-corrected chi connectivity index (χ2v) is 7.87. The fourth-order valence-electron chi connectivity index (χ4n) is 3.34. The first-order valence-electron chi connectivity index (χ1n) is 8.64. The van der Waals surface area contributed by atoms with Gasteiger partial charge in [-0.25, -0.2) is 0 Å². The molecule has 0 spiro atoms. The van der Waals surface area contributed by atoms with Gasteiger partial charge in [0.15, 0.2) is 5.78 Å². The van der Waals surface area contributed by atoms with Crippen molar-refractivity contribution in [3.05, 3.63) is 69.2 Å². The van der Waals surface area contributed by atoms with Crippen molar-refractivity contribution in [2.75, 3.05) is 0 Å². The van der Waals surface area contributed by atoms with Gasteiger partial charge in [-0.15, -0.1) is 0 Å². The van der Waals surface area contributed by atoms with E-state index in [-0.39, 0.29) is 12.2 Å². The standard InChI is InChI=1S/C21H22BClO3/c1-13(2)9-14-5-7-16(19(23)11-14)20(24)12-15-6-8-17-18(10-15)22(25)26-21(17,3)4/h5-11,25H,12H2,1-4H3. The Hall–Kier alpha value is -1.88. The van der Waals surface area contributed by atoms with Crippen LogP contribution in [0.5, 0.6) is 0 Å². The predicted molar refractivity (Wildman–Crippen MR) is 107 cm³/mol. The Labute approximate surface area is 159 Å². The van der Waals surface area contributed by atoms with E-state index in [1.54, 1.807) is 6.07 Å². The van der Waals surface area contributed by atoms with Crippen molar-refractivity contribution in [2.24, 2.45) is 0 Å². The van der Waals surface area contributed by atoms with E-state index < -0.39 is 12.7 Å². The summed E-state index contributed by atoms with van der Waals surface area (Å²) in [7, 11) is -0.956. The zero-order valence-corrected chi connectivity index (χ0v) is 16.2. The van der Waals surface area contributed by atoms with Crippen molar-refractivity contribution in [1.29, 1.82) is 0 Å². The Morgan fingerprint density at radius 3 is 2.62 bits per heavy atom. The van der Waals surface area contributed by atoms with Gasteiger partial charge in [-0.2, -0.15) is 0 Å². The molecular weight excluding hydrogens is 346 g/mol. The third kappa shape index (κ3) is 3.78. The Bertz CT molecular complexity index is 898. The molecule has 0 aliphatic carbocycles. The maximum atomic E-state index is 12.7. The molecule has 0 saturated carbocycles. The van der Waals surface area contributed by atoms with Crippen LogP contribution in [-0.2, 0) is 16.7 Å². The van der Waals surface area contributed by atoms with Crippen LogP contribution < -0.4 is 5.46 Å². The lowest BCUT2D eigenvalue weighted by molar-refractivity contribution is 0.0991. The lowest BCUT2D eigenvalue weighted by Crippen LogP contribution is -2.29. The number of benzene rings is 2. The van der Waals surface area contributed by atoms with E-state index in [0.29, 0.717) is 10.6 Å². The highest BCUT2D eigenvalue weighted by atomic mass is 35.5. The van der Waals surface area contributed by atoms with Gasteiger partial charge in [-0.05, 0) is 62.0 Å². The van der Waals surface area contributed by atoms with E-state index in [4.69, 9.17) is 16.3 Å². The number of Topliss-reactive ketones (excluding diaryl/α,β-unsaturated/α-hetero) is 1. The summed E-state index contributed by atoms with van der Waals surface area (Å²) >= 11 is 6.32. The summed E-state index contributed by atoms with van der Waals surface area (Å²) in [5, 5.41) is 10.6. The molecule has 1 heterocycles. The number of carbonyl (C=O) groups excluding carboxylic acids is 1. The molecule has 26 heavy (non-hydrogen) atoms. The largest absolute Gasteiger partial charge is 0.492 e. The molecule has 2 aromatic carbocycles. The number of ketones is 1. The van der Waals surface area contributed by atoms with Crippen LogP contribution in [0.4, 0.5) is 0 Å². The molecular formula is C21H22BClO3. The van der Waals surface area contributed by atoms with E-state index in [1.807, 2.05) is 64.1 Å². The number of carbonyl (C=O) groups is 1. The molecule has 0 unspecified atom stereocenters. The van der Waals surface area contributed by atoms with Crippen LogP contribution in [0.2, 0.25) is 5.02 Å². The first-order chi connectivity index (χ1) is 12.2. The fraction of sp³-hybridized carbons (Fsp3) is 0.286. The van der Waals surface area contributed by atoms with Crippen molar-refractivity contribution in [3.63, 3.8) is 0 Å². The molecule has 134 valence electrons. The average Bonchev–Trinajstić information content (AvgIpc) is 2.75. The van der Waals surface area contributed by atoms with Gasteiger partial charge in [0.05, 0.1) is 10.6 Å². The molecule has 0 radical (unpaired) electrons. The minimum atomic E-state index is -0.956. The molecule has 0 saturated heterocycles. The fourth-order valence-corrected chi connectivity index (χ4v) is 3.64. The van der Waals surface area contributed by atoms with Crippen LogP contribution in [0.25, 0.3) is 6.08 Å². The van der Waals surface area contributed by atoms with Crippen LogP contribution in [0.15, 0.2) is 42.0 Å². The van der Waals surface area contributed by atoms with E-state index in [9.17, 15) is 9.82 Å². The molecule has 0 atom stereocenters. The van der Waals surface area contributed by atoms with E-state index in [1.165, 1.54) is 5.57 Å². The van der Waals surface area contributed by atoms with Crippen molar-refractivity contribution < 1.29 is 14.5 Å². The Balaban J connectivity index is 1.83. The van der Waals surface area contributed by atoms with E-state index in [0.717, 1.165) is 22.2 Å². The lowest BCUT2D eigenvalue weighted by Gasteiger charge is -2.19. The molecule has 0 amide bonds. The van der Waals surface area contributed by atoms with Crippen LogP contribution >= 0.6 is 11.6 Å². The quantitative estimate of drug-likeness (QED) is 0.651. The molecule has 0 aromatic heterocycles. The zero-order chi connectivity index (χ0) is 19.1. The van der Waals surface area contributed by atoms with Gasteiger partial charge in [0.1, 0.15) is 0 Å². The number of fused-ring (bicyclic) bond motifs is 1. The molecule has 0 bridgehead atoms. The second kappa shape index (κ2) is 7.03. The molecule has 5 heteroatoms. The smallest absolute Gasteiger partial charge is 0.423 e. The van der Waals surface area contributed by atoms with Gasteiger partial charge in [-0.1, -0.05) is 47.5 Å². The van der Waals surface area contributed by atoms with E-state index >= 15 is 0 Å².